The molecule has 0 saturated carbocycles. The van der Waals surface area contributed by atoms with Crippen molar-refractivity contribution in [2.45, 2.75) is 19.5 Å². The lowest BCUT2D eigenvalue weighted by atomic mass is 10.1. The Morgan fingerprint density at radius 3 is 2.61 bits per heavy atom. The van der Waals surface area contributed by atoms with Crippen LogP contribution in [0.4, 0.5) is 5.82 Å². The van der Waals surface area contributed by atoms with Crippen molar-refractivity contribution in [3.63, 3.8) is 0 Å². The zero-order valence-electron chi connectivity index (χ0n) is 10.9. The Kier molecular flexibility index (Phi) is 3.95. The van der Waals surface area contributed by atoms with Crippen LogP contribution >= 0.6 is 0 Å². The predicted molar refractivity (Wildman–Crippen MR) is 75.4 cm³/mol. The third kappa shape index (κ3) is 3.08. The van der Waals surface area contributed by atoms with Crippen molar-refractivity contribution in [2.75, 3.05) is 11.9 Å². The fraction of sp³-hybridized carbons (Fsp3) is 0.267. The quantitative estimate of drug-likeness (QED) is 0.895. The third-order valence-corrected chi connectivity index (χ3v) is 2.95. The molecular weight excluding hydrogens is 222 g/mol. The summed E-state index contributed by atoms with van der Waals surface area (Å²) in [5.41, 5.74) is 8.27. The first kappa shape index (κ1) is 12.6. The van der Waals surface area contributed by atoms with Crippen LogP contribution in [0.15, 0.2) is 48.7 Å². The number of anilines is 1. The maximum absolute atomic E-state index is 5.89. The summed E-state index contributed by atoms with van der Waals surface area (Å²) in [6.45, 7) is 2.83. The SMILES string of the molecule is C[C@H](N)c1ccnc(N(C)Cc2ccccc2)c1. The van der Waals surface area contributed by atoms with E-state index in [2.05, 4.69) is 34.1 Å². The van der Waals surface area contributed by atoms with E-state index in [0.29, 0.717) is 0 Å². The maximum atomic E-state index is 5.89. The Morgan fingerprint density at radius 1 is 1.22 bits per heavy atom. The molecule has 1 aromatic heterocycles. The molecular formula is C15H19N3. The highest BCUT2D eigenvalue weighted by Gasteiger charge is 2.06. The van der Waals surface area contributed by atoms with Gasteiger partial charge in [-0.2, -0.15) is 0 Å². The number of rotatable bonds is 4. The molecule has 94 valence electrons. The minimum absolute atomic E-state index is 0.0388. The average Bonchev–Trinajstić information content (AvgIpc) is 2.40. The summed E-state index contributed by atoms with van der Waals surface area (Å²) >= 11 is 0. The molecule has 0 spiro atoms. The predicted octanol–water partition coefficient (Wildman–Crippen LogP) is 2.74. The van der Waals surface area contributed by atoms with Crippen molar-refractivity contribution in [3.05, 3.63) is 59.8 Å². The summed E-state index contributed by atoms with van der Waals surface area (Å²) in [6, 6.07) is 14.4. The van der Waals surface area contributed by atoms with E-state index >= 15 is 0 Å². The van der Waals surface area contributed by atoms with Gasteiger partial charge in [0.2, 0.25) is 0 Å². The Hall–Kier alpha value is -1.87. The van der Waals surface area contributed by atoms with Crippen molar-refractivity contribution < 1.29 is 0 Å². The van der Waals surface area contributed by atoms with E-state index in [-0.39, 0.29) is 6.04 Å². The molecule has 0 saturated heterocycles. The highest BCUT2D eigenvalue weighted by atomic mass is 15.2. The van der Waals surface area contributed by atoms with E-state index in [1.807, 2.05) is 38.4 Å². The van der Waals surface area contributed by atoms with Gasteiger partial charge in [0.1, 0.15) is 5.82 Å². The lowest BCUT2D eigenvalue weighted by Gasteiger charge is -2.19. The summed E-state index contributed by atoms with van der Waals surface area (Å²) in [7, 11) is 2.04. The molecule has 0 aliphatic heterocycles. The summed E-state index contributed by atoms with van der Waals surface area (Å²) in [4.78, 5) is 6.51. The number of nitrogens with zero attached hydrogens (tertiary/aromatic N) is 2. The smallest absolute Gasteiger partial charge is 0.128 e. The fourth-order valence-electron chi connectivity index (χ4n) is 1.86. The van der Waals surface area contributed by atoms with Crippen LogP contribution in [0, 0.1) is 0 Å². The number of benzene rings is 1. The molecule has 1 atom stereocenters. The van der Waals surface area contributed by atoms with Gasteiger partial charge in [0.05, 0.1) is 0 Å². The normalized spacial score (nSPS) is 12.2. The second-order valence-corrected chi connectivity index (χ2v) is 4.58. The number of pyridine rings is 1. The molecule has 0 aliphatic rings. The first-order valence-electron chi connectivity index (χ1n) is 6.13. The number of hydrogen-bond donors (Lipinski definition) is 1. The molecule has 1 heterocycles. The van der Waals surface area contributed by atoms with Crippen LogP contribution in [-0.4, -0.2) is 12.0 Å². The second-order valence-electron chi connectivity index (χ2n) is 4.58. The summed E-state index contributed by atoms with van der Waals surface area (Å²) < 4.78 is 0. The van der Waals surface area contributed by atoms with Crippen LogP contribution in [-0.2, 0) is 6.54 Å². The van der Waals surface area contributed by atoms with Gasteiger partial charge in [0, 0.05) is 25.8 Å². The van der Waals surface area contributed by atoms with Crippen molar-refractivity contribution in [2.24, 2.45) is 5.73 Å². The van der Waals surface area contributed by atoms with Crippen LogP contribution in [0.2, 0.25) is 0 Å². The van der Waals surface area contributed by atoms with E-state index in [1.54, 1.807) is 0 Å². The molecule has 2 N–H and O–H groups in total. The zero-order valence-corrected chi connectivity index (χ0v) is 10.9. The van der Waals surface area contributed by atoms with Crippen molar-refractivity contribution in [1.82, 2.24) is 4.98 Å². The highest BCUT2D eigenvalue weighted by molar-refractivity contribution is 5.41. The Labute approximate surface area is 108 Å². The Morgan fingerprint density at radius 2 is 1.94 bits per heavy atom. The van der Waals surface area contributed by atoms with Gasteiger partial charge in [0.25, 0.3) is 0 Å². The summed E-state index contributed by atoms with van der Waals surface area (Å²) in [5, 5.41) is 0. The molecule has 2 rings (SSSR count). The molecule has 0 aliphatic carbocycles. The van der Waals surface area contributed by atoms with Gasteiger partial charge in [-0.1, -0.05) is 30.3 Å². The van der Waals surface area contributed by atoms with E-state index in [9.17, 15) is 0 Å². The van der Waals surface area contributed by atoms with Gasteiger partial charge in [-0.05, 0) is 30.2 Å². The van der Waals surface area contributed by atoms with Crippen molar-refractivity contribution in [1.29, 1.82) is 0 Å². The number of aromatic nitrogens is 1. The first-order chi connectivity index (χ1) is 8.66. The average molecular weight is 241 g/mol. The van der Waals surface area contributed by atoms with Crippen LogP contribution in [0.25, 0.3) is 0 Å². The largest absolute Gasteiger partial charge is 0.355 e. The lowest BCUT2D eigenvalue weighted by Crippen LogP contribution is -2.18. The maximum Gasteiger partial charge on any atom is 0.128 e. The molecule has 0 amide bonds. The van der Waals surface area contributed by atoms with E-state index in [1.165, 1.54) is 5.56 Å². The summed E-state index contributed by atoms with van der Waals surface area (Å²) in [5.74, 6) is 0.952. The molecule has 1 aromatic carbocycles. The van der Waals surface area contributed by atoms with E-state index in [0.717, 1.165) is 17.9 Å². The fourth-order valence-corrected chi connectivity index (χ4v) is 1.86. The van der Waals surface area contributed by atoms with E-state index in [4.69, 9.17) is 5.73 Å². The molecule has 3 heteroatoms. The lowest BCUT2D eigenvalue weighted by molar-refractivity contribution is 0.809. The Balaban J connectivity index is 2.14. The molecule has 0 radical (unpaired) electrons. The molecule has 0 unspecified atom stereocenters. The number of hydrogen-bond acceptors (Lipinski definition) is 3. The monoisotopic (exact) mass is 241 g/mol. The molecule has 2 aromatic rings. The second kappa shape index (κ2) is 5.65. The van der Waals surface area contributed by atoms with Gasteiger partial charge in [-0.3, -0.25) is 0 Å². The molecule has 18 heavy (non-hydrogen) atoms. The zero-order chi connectivity index (χ0) is 13.0. The van der Waals surface area contributed by atoms with Gasteiger partial charge < -0.3 is 10.6 Å². The minimum Gasteiger partial charge on any atom is -0.355 e. The summed E-state index contributed by atoms with van der Waals surface area (Å²) in [6.07, 6.45) is 1.82. The van der Waals surface area contributed by atoms with Crippen molar-refractivity contribution >= 4 is 5.82 Å². The van der Waals surface area contributed by atoms with Gasteiger partial charge in [-0.25, -0.2) is 4.98 Å². The standard InChI is InChI=1S/C15H19N3/c1-12(16)14-8-9-17-15(10-14)18(2)11-13-6-4-3-5-7-13/h3-10,12H,11,16H2,1-2H3/t12-/m0/s1. The van der Waals surface area contributed by atoms with Gasteiger partial charge >= 0.3 is 0 Å². The third-order valence-electron chi connectivity index (χ3n) is 2.95. The number of nitrogens with two attached hydrogens (primary N) is 1. The van der Waals surface area contributed by atoms with Crippen LogP contribution in [0.1, 0.15) is 24.1 Å². The van der Waals surface area contributed by atoms with Crippen LogP contribution in [0.3, 0.4) is 0 Å². The topological polar surface area (TPSA) is 42.1 Å². The first-order valence-corrected chi connectivity index (χ1v) is 6.13. The Bertz CT molecular complexity index is 494. The molecule has 3 nitrogen and oxygen atoms in total. The van der Waals surface area contributed by atoms with E-state index < -0.39 is 0 Å². The molecule has 0 fully saturated rings. The van der Waals surface area contributed by atoms with Crippen LogP contribution in [0.5, 0.6) is 0 Å². The van der Waals surface area contributed by atoms with Crippen molar-refractivity contribution in [3.8, 4) is 0 Å². The van der Waals surface area contributed by atoms with Crippen LogP contribution < -0.4 is 10.6 Å². The molecule has 0 bridgehead atoms. The highest BCUT2D eigenvalue weighted by Crippen LogP contribution is 2.17. The van der Waals surface area contributed by atoms with Gasteiger partial charge in [0.15, 0.2) is 0 Å². The van der Waals surface area contributed by atoms with Gasteiger partial charge in [-0.15, -0.1) is 0 Å². The minimum atomic E-state index is 0.0388.